The van der Waals surface area contributed by atoms with Crippen molar-refractivity contribution in [2.75, 3.05) is 18.0 Å². The standard InChI is InChI=1S/C14H17N3/c1-10-7-11-5-3-4-6-12(11)16-13(10)17-8-14(2,15)9-17/h3-7H,8-9,15H2,1-2H3. The molecule has 2 heterocycles. The smallest absolute Gasteiger partial charge is 0.132 e. The van der Waals surface area contributed by atoms with E-state index in [-0.39, 0.29) is 5.54 Å². The first-order valence-corrected chi connectivity index (χ1v) is 5.95. The molecule has 1 saturated heterocycles. The second kappa shape index (κ2) is 3.44. The molecule has 0 radical (unpaired) electrons. The molecule has 0 saturated carbocycles. The van der Waals surface area contributed by atoms with Crippen LogP contribution in [0.3, 0.4) is 0 Å². The van der Waals surface area contributed by atoms with Gasteiger partial charge in [-0.25, -0.2) is 4.98 Å². The second-order valence-electron chi connectivity index (χ2n) is 5.33. The molecular weight excluding hydrogens is 210 g/mol. The summed E-state index contributed by atoms with van der Waals surface area (Å²) in [5.74, 6) is 1.08. The van der Waals surface area contributed by atoms with E-state index in [0.717, 1.165) is 24.4 Å². The number of rotatable bonds is 1. The lowest BCUT2D eigenvalue weighted by Crippen LogP contribution is -2.66. The van der Waals surface area contributed by atoms with Crippen molar-refractivity contribution in [1.82, 2.24) is 4.98 Å². The Hall–Kier alpha value is -1.61. The molecular formula is C14H17N3. The molecule has 17 heavy (non-hydrogen) atoms. The Kier molecular flexibility index (Phi) is 2.13. The lowest BCUT2D eigenvalue weighted by Gasteiger charge is -2.46. The molecule has 0 spiro atoms. The van der Waals surface area contributed by atoms with Crippen molar-refractivity contribution in [3.8, 4) is 0 Å². The van der Waals surface area contributed by atoms with Crippen molar-refractivity contribution in [2.45, 2.75) is 19.4 Å². The highest BCUT2D eigenvalue weighted by Gasteiger charge is 2.36. The summed E-state index contributed by atoms with van der Waals surface area (Å²) in [6.07, 6.45) is 0. The van der Waals surface area contributed by atoms with Gasteiger partial charge in [0.05, 0.1) is 5.52 Å². The van der Waals surface area contributed by atoms with E-state index in [1.54, 1.807) is 0 Å². The Balaban J connectivity index is 2.03. The number of anilines is 1. The van der Waals surface area contributed by atoms with Crippen LogP contribution in [-0.4, -0.2) is 23.6 Å². The van der Waals surface area contributed by atoms with Gasteiger partial charge in [-0.15, -0.1) is 0 Å². The Bertz CT molecular complexity index is 567. The lowest BCUT2D eigenvalue weighted by atomic mass is 9.93. The number of nitrogens with zero attached hydrogens (tertiary/aromatic N) is 2. The van der Waals surface area contributed by atoms with E-state index in [1.807, 2.05) is 12.1 Å². The van der Waals surface area contributed by atoms with Gasteiger partial charge in [0.1, 0.15) is 5.82 Å². The van der Waals surface area contributed by atoms with E-state index in [1.165, 1.54) is 10.9 Å². The maximum atomic E-state index is 6.04. The highest BCUT2D eigenvalue weighted by Crippen LogP contribution is 2.29. The van der Waals surface area contributed by atoms with Crippen molar-refractivity contribution in [3.63, 3.8) is 0 Å². The molecule has 1 aliphatic rings. The molecule has 1 aliphatic heterocycles. The van der Waals surface area contributed by atoms with Crippen molar-refractivity contribution >= 4 is 16.7 Å². The molecule has 88 valence electrons. The van der Waals surface area contributed by atoms with Gasteiger partial charge in [-0.3, -0.25) is 0 Å². The quantitative estimate of drug-likeness (QED) is 0.811. The zero-order valence-electron chi connectivity index (χ0n) is 10.3. The topological polar surface area (TPSA) is 42.2 Å². The zero-order valence-corrected chi connectivity index (χ0v) is 10.3. The summed E-state index contributed by atoms with van der Waals surface area (Å²) < 4.78 is 0. The van der Waals surface area contributed by atoms with Crippen LogP contribution in [0.1, 0.15) is 12.5 Å². The third kappa shape index (κ3) is 1.76. The van der Waals surface area contributed by atoms with Gasteiger partial charge in [0, 0.05) is 24.0 Å². The molecule has 0 aliphatic carbocycles. The molecule has 3 nitrogen and oxygen atoms in total. The van der Waals surface area contributed by atoms with Gasteiger partial charge in [0.2, 0.25) is 0 Å². The summed E-state index contributed by atoms with van der Waals surface area (Å²) in [5.41, 5.74) is 8.26. The van der Waals surface area contributed by atoms with Crippen molar-refractivity contribution < 1.29 is 0 Å². The molecule has 2 N–H and O–H groups in total. The maximum Gasteiger partial charge on any atom is 0.132 e. The lowest BCUT2D eigenvalue weighted by molar-refractivity contribution is 0.362. The first-order chi connectivity index (χ1) is 8.05. The number of hydrogen-bond acceptors (Lipinski definition) is 3. The summed E-state index contributed by atoms with van der Waals surface area (Å²) in [6, 6.07) is 10.4. The molecule has 1 aromatic carbocycles. The van der Waals surface area contributed by atoms with Gasteiger partial charge >= 0.3 is 0 Å². The van der Waals surface area contributed by atoms with E-state index < -0.39 is 0 Å². The van der Waals surface area contributed by atoms with Crippen LogP contribution in [0.5, 0.6) is 0 Å². The van der Waals surface area contributed by atoms with Crippen LogP contribution >= 0.6 is 0 Å². The fourth-order valence-electron chi connectivity index (χ4n) is 2.51. The van der Waals surface area contributed by atoms with Crippen LogP contribution in [0.15, 0.2) is 30.3 Å². The molecule has 2 aromatic rings. The minimum Gasteiger partial charge on any atom is -0.353 e. The van der Waals surface area contributed by atoms with Crippen LogP contribution in [0.4, 0.5) is 5.82 Å². The number of hydrogen-bond donors (Lipinski definition) is 1. The third-order valence-corrected chi connectivity index (χ3v) is 3.29. The van der Waals surface area contributed by atoms with E-state index in [9.17, 15) is 0 Å². The predicted molar refractivity (Wildman–Crippen MR) is 71.3 cm³/mol. The van der Waals surface area contributed by atoms with Gasteiger partial charge in [-0.05, 0) is 31.5 Å². The number of aryl methyl sites for hydroxylation is 1. The first-order valence-electron chi connectivity index (χ1n) is 5.95. The summed E-state index contributed by atoms with van der Waals surface area (Å²) in [5, 5.41) is 1.20. The number of pyridine rings is 1. The number of fused-ring (bicyclic) bond motifs is 1. The normalized spacial score (nSPS) is 18.2. The van der Waals surface area contributed by atoms with E-state index in [0.29, 0.717) is 0 Å². The highest BCUT2D eigenvalue weighted by molar-refractivity contribution is 5.81. The fourth-order valence-corrected chi connectivity index (χ4v) is 2.51. The molecule has 1 fully saturated rings. The summed E-state index contributed by atoms with van der Waals surface area (Å²) in [7, 11) is 0. The van der Waals surface area contributed by atoms with Crippen LogP contribution in [-0.2, 0) is 0 Å². The number of benzene rings is 1. The van der Waals surface area contributed by atoms with Crippen molar-refractivity contribution in [2.24, 2.45) is 5.73 Å². The van der Waals surface area contributed by atoms with Gasteiger partial charge in [-0.2, -0.15) is 0 Å². The van der Waals surface area contributed by atoms with Crippen LogP contribution in [0.25, 0.3) is 10.9 Å². The van der Waals surface area contributed by atoms with E-state index in [2.05, 4.69) is 36.9 Å². The summed E-state index contributed by atoms with van der Waals surface area (Å²) in [4.78, 5) is 6.98. The molecule has 3 heteroatoms. The van der Waals surface area contributed by atoms with Gasteiger partial charge in [-0.1, -0.05) is 18.2 Å². The minimum atomic E-state index is -0.0558. The van der Waals surface area contributed by atoms with Crippen LogP contribution in [0, 0.1) is 6.92 Å². The third-order valence-electron chi connectivity index (χ3n) is 3.29. The first kappa shape index (κ1) is 10.5. The van der Waals surface area contributed by atoms with Crippen LogP contribution < -0.4 is 10.6 Å². The number of para-hydroxylation sites is 1. The van der Waals surface area contributed by atoms with E-state index in [4.69, 9.17) is 10.7 Å². The summed E-state index contributed by atoms with van der Waals surface area (Å²) in [6.45, 7) is 5.97. The van der Waals surface area contributed by atoms with Crippen molar-refractivity contribution in [3.05, 3.63) is 35.9 Å². The molecule has 3 rings (SSSR count). The minimum absolute atomic E-state index is 0.0558. The molecule has 0 unspecified atom stereocenters. The van der Waals surface area contributed by atoms with Crippen molar-refractivity contribution in [1.29, 1.82) is 0 Å². The number of aromatic nitrogens is 1. The fraction of sp³-hybridized carbons (Fsp3) is 0.357. The largest absolute Gasteiger partial charge is 0.353 e. The van der Waals surface area contributed by atoms with Gasteiger partial charge < -0.3 is 10.6 Å². The Labute approximate surface area is 101 Å². The highest BCUT2D eigenvalue weighted by atomic mass is 15.3. The summed E-state index contributed by atoms with van der Waals surface area (Å²) >= 11 is 0. The molecule has 1 aromatic heterocycles. The molecule has 0 amide bonds. The Morgan fingerprint density at radius 3 is 2.71 bits per heavy atom. The second-order valence-corrected chi connectivity index (χ2v) is 5.33. The average molecular weight is 227 g/mol. The number of nitrogens with two attached hydrogens (primary N) is 1. The van der Waals surface area contributed by atoms with Gasteiger partial charge in [0.25, 0.3) is 0 Å². The maximum absolute atomic E-state index is 6.04. The van der Waals surface area contributed by atoms with E-state index >= 15 is 0 Å². The van der Waals surface area contributed by atoms with Gasteiger partial charge in [0.15, 0.2) is 0 Å². The molecule has 0 atom stereocenters. The monoisotopic (exact) mass is 227 g/mol. The molecule has 0 bridgehead atoms. The predicted octanol–water partition coefficient (Wildman–Crippen LogP) is 2.08. The Morgan fingerprint density at radius 2 is 2.00 bits per heavy atom. The van der Waals surface area contributed by atoms with Crippen LogP contribution in [0.2, 0.25) is 0 Å². The zero-order chi connectivity index (χ0) is 12.0. The Morgan fingerprint density at radius 1 is 1.29 bits per heavy atom. The average Bonchev–Trinajstić information content (AvgIpc) is 2.25. The SMILES string of the molecule is Cc1cc2ccccc2nc1N1CC(C)(N)C1.